The summed E-state index contributed by atoms with van der Waals surface area (Å²) in [6.07, 6.45) is 8.37. The summed E-state index contributed by atoms with van der Waals surface area (Å²) < 4.78 is 0. The smallest absolute Gasteiger partial charge is 0.0120 e. The molecular weight excluding hydrogens is 296 g/mol. The molecule has 140 valence electrons. The number of likely N-dealkylation sites (tertiary alicyclic amines) is 2. The molecule has 1 atom stereocenters. The van der Waals surface area contributed by atoms with Crippen molar-refractivity contribution in [2.45, 2.75) is 51.5 Å². The second kappa shape index (κ2) is 8.48. The quantitative estimate of drug-likeness (QED) is 0.802. The fourth-order valence-electron chi connectivity index (χ4n) is 5.10. The first kappa shape index (κ1) is 18.6. The fourth-order valence-corrected chi connectivity index (χ4v) is 5.10. The summed E-state index contributed by atoms with van der Waals surface area (Å²) in [5.74, 6) is 0.962. The molecular formula is C20H40N4. The summed E-state index contributed by atoms with van der Waals surface area (Å²) in [6, 6.07) is 0.875. The van der Waals surface area contributed by atoms with Crippen molar-refractivity contribution in [2.75, 3.05) is 66.5 Å². The van der Waals surface area contributed by atoms with Gasteiger partial charge in [-0.15, -0.1) is 0 Å². The minimum atomic E-state index is 0.506. The maximum absolute atomic E-state index is 3.53. The zero-order chi connectivity index (χ0) is 17.0. The van der Waals surface area contributed by atoms with Gasteiger partial charge >= 0.3 is 0 Å². The average Bonchev–Trinajstić information content (AvgIpc) is 3.00. The van der Waals surface area contributed by atoms with Crippen LogP contribution in [0.3, 0.4) is 0 Å². The monoisotopic (exact) mass is 336 g/mol. The van der Waals surface area contributed by atoms with E-state index < -0.39 is 0 Å². The molecule has 3 aliphatic rings. The molecule has 3 rings (SSSR count). The van der Waals surface area contributed by atoms with Gasteiger partial charge in [0.05, 0.1) is 0 Å². The number of nitrogens with one attached hydrogen (secondary N) is 1. The van der Waals surface area contributed by atoms with E-state index in [1.54, 1.807) is 0 Å². The van der Waals surface area contributed by atoms with Crippen LogP contribution in [0.1, 0.15) is 45.4 Å². The Morgan fingerprint density at radius 1 is 1.08 bits per heavy atom. The molecule has 3 heterocycles. The highest BCUT2D eigenvalue weighted by Gasteiger charge is 2.30. The molecule has 3 aliphatic heterocycles. The molecule has 4 nitrogen and oxygen atoms in total. The Labute approximate surface area is 149 Å². The van der Waals surface area contributed by atoms with Crippen LogP contribution in [0.25, 0.3) is 0 Å². The Morgan fingerprint density at radius 2 is 1.79 bits per heavy atom. The lowest BCUT2D eigenvalue weighted by molar-refractivity contribution is 0.0804. The maximum Gasteiger partial charge on any atom is 0.0120 e. The normalized spacial score (nSPS) is 32.0. The summed E-state index contributed by atoms with van der Waals surface area (Å²) in [4.78, 5) is 7.88. The van der Waals surface area contributed by atoms with Gasteiger partial charge in [-0.05, 0) is 103 Å². The molecule has 0 aromatic carbocycles. The Bertz CT molecular complexity index is 364. The minimum absolute atomic E-state index is 0.506. The zero-order valence-electron chi connectivity index (χ0n) is 16.4. The number of nitrogens with zero attached hydrogens (tertiary/aromatic N) is 3. The van der Waals surface area contributed by atoms with Gasteiger partial charge in [-0.2, -0.15) is 0 Å². The second-order valence-corrected chi connectivity index (χ2v) is 9.28. The Kier molecular flexibility index (Phi) is 6.58. The lowest BCUT2D eigenvalue weighted by atomic mass is 9.88. The van der Waals surface area contributed by atoms with Crippen molar-refractivity contribution < 1.29 is 0 Å². The van der Waals surface area contributed by atoms with Crippen molar-refractivity contribution in [1.29, 1.82) is 0 Å². The van der Waals surface area contributed by atoms with Crippen LogP contribution in [-0.4, -0.2) is 87.2 Å². The molecule has 0 spiro atoms. The van der Waals surface area contributed by atoms with E-state index >= 15 is 0 Å². The maximum atomic E-state index is 3.53. The summed E-state index contributed by atoms with van der Waals surface area (Å²) in [6.45, 7) is 12.7. The highest BCUT2D eigenvalue weighted by Crippen LogP contribution is 2.27. The van der Waals surface area contributed by atoms with E-state index in [9.17, 15) is 0 Å². The van der Waals surface area contributed by atoms with Crippen molar-refractivity contribution >= 4 is 0 Å². The van der Waals surface area contributed by atoms with Crippen LogP contribution in [-0.2, 0) is 0 Å². The topological polar surface area (TPSA) is 21.8 Å². The first-order chi connectivity index (χ1) is 11.5. The summed E-state index contributed by atoms with van der Waals surface area (Å²) in [5.41, 5.74) is 0.506. The first-order valence-corrected chi connectivity index (χ1v) is 10.4. The van der Waals surface area contributed by atoms with Gasteiger partial charge in [0.15, 0.2) is 0 Å². The summed E-state index contributed by atoms with van der Waals surface area (Å²) in [5, 5.41) is 3.53. The van der Waals surface area contributed by atoms with E-state index in [1.165, 1.54) is 90.9 Å². The van der Waals surface area contributed by atoms with Gasteiger partial charge in [0.25, 0.3) is 0 Å². The molecule has 0 bridgehead atoms. The lowest BCUT2D eigenvalue weighted by Gasteiger charge is -2.41. The predicted molar refractivity (Wildman–Crippen MR) is 103 cm³/mol. The van der Waals surface area contributed by atoms with Crippen LogP contribution >= 0.6 is 0 Å². The average molecular weight is 337 g/mol. The molecule has 0 amide bonds. The number of hydrogen-bond acceptors (Lipinski definition) is 4. The van der Waals surface area contributed by atoms with E-state index in [1.807, 2.05) is 0 Å². The van der Waals surface area contributed by atoms with E-state index in [0.29, 0.717) is 5.41 Å². The first-order valence-electron chi connectivity index (χ1n) is 10.4. The van der Waals surface area contributed by atoms with Gasteiger partial charge in [-0.25, -0.2) is 0 Å². The number of piperidine rings is 2. The lowest BCUT2D eigenvalue weighted by Crippen LogP contribution is -2.47. The molecule has 3 saturated heterocycles. The van der Waals surface area contributed by atoms with E-state index in [4.69, 9.17) is 0 Å². The molecule has 1 unspecified atom stereocenters. The van der Waals surface area contributed by atoms with E-state index in [0.717, 1.165) is 12.0 Å². The molecule has 1 N–H and O–H groups in total. The van der Waals surface area contributed by atoms with Gasteiger partial charge in [-0.3, -0.25) is 0 Å². The van der Waals surface area contributed by atoms with Crippen molar-refractivity contribution in [2.24, 2.45) is 11.3 Å². The standard InChI is InChI=1S/C20H40N4/c1-20(9-10-21-16-20)17-23(3)11-4-18-5-14-24(15-6-18)19-7-12-22(2)13-8-19/h18-19,21H,4-17H2,1-3H3. The Morgan fingerprint density at radius 3 is 2.42 bits per heavy atom. The van der Waals surface area contributed by atoms with Gasteiger partial charge in [-0.1, -0.05) is 6.92 Å². The molecule has 0 saturated carbocycles. The summed E-state index contributed by atoms with van der Waals surface area (Å²) >= 11 is 0. The van der Waals surface area contributed by atoms with Crippen molar-refractivity contribution in [1.82, 2.24) is 20.0 Å². The second-order valence-electron chi connectivity index (χ2n) is 9.28. The van der Waals surface area contributed by atoms with Crippen LogP contribution < -0.4 is 5.32 Å². The Hall–Kier alpha value is -0.160. The van der Waals surface area contributed by atoms with Crippen molar-refractivity contribution in [3.8, 4) is 0 Å². The van der Waals surface area contributed by atoms with Gasteiger partial charge < -0.3 is 20.0 Å². The highest BCUT2D eigenvalue weighted by molar-refractivity contribution is 4.87. The largest absolute Gasteiger partial charge is 0.316 e. The molecule has 0 aliphatic carbocycles. The third kappa shape index (κ3) is 5.17. The fraction of sp³-hybridized carbons (Fsp3) is 1.00. The van der Waals surface area contributed by atoms with Gasteiger partial charge in [0.1, 0.15) is 0 Å². The van der Waals surface area contributed by atoms with Gasteiger partial charge in [0, 0.05) is 19.1 Å². The number of rotatable bonds is 6. The molecule has 0 aromatic rings. The number of hydrogen-bond donors (Lipinski definition) is 1. The Balaban J connectivity index is 1.32. The van der Waals surface area contributed by atoms with Crippen molar-refractivity contribution in [3.05, 3.63) is 0 Å². The van der Waals surface area contributed by atoms with Crippen LogP contribution in [0.4, 0.5) is 0 Å². The van der Waals surface area contributed by atoms with Crippen molar-refractivity contribution in [3.63, 3.8) is 0 Å². The van der Waals surface area contributed by atoms with Crippen LogP contribution in [0.2, 0.25) is 0 Å². The molecule has 24 heavy (non-hydrogen) atoms. The van der Waals surface area contributed by atoms with E-state index in [-0.39, 0.29) is 0 Å². The molecule has 3 fully saturated rings. The van der Waals surface area contributed by atoms with Crippen LogP contribution in [0.5, 0.6) is 0 Å². The summed E-state index contributed by atoms with van der Waals surface area (Å²) in [7, 11) is 4.60. The predicted octanol–water partition coefficient (Wildman–Crippen LogP) is 2.11. The van der Waals surface area contributed by atoms with E-state index in [2.05, 4.69) is 41.0 Å². The third-order valence-electron chi connectivity index (χ3n) is 6.88. The highest BCUT2D eigenvalue weighted by atomic mass is 15.2. The molecule has 0 aromatic heterocycles. The van der Waals surface area contributed by atoms with Crippen LogP contribution in [0, 0.1) is 11.3 Å². The third-order valence-corrected chi connectivity index (χ3v) is 6.88. The minimum Gasteiger partial charge on any atom is -0.316 e. The SMILES string of the molecule is CN1CCC(N2CCC(CCN(C)CC3(C)CCNC3)CC2)CC1. The van der Waals surface area contributed by atoms with Crippen LogP contribution in [0.15, 0.2) is 0 Å². The zero-order valence-corrected chi connectivity index (χ0v) is 16.4. The molecule has 4 heteroatoms. The van der Waals surface area contributed by atoms with Gasteiger partial charge in [0.2, 0.25) is 0 Å². The molecule has 0 radical (unpaired) electrons.